The van der Waals surface area contributed by atoms with Crippen molar-refractivity contribution in [3.05, 3.63) is 59.1 Å². The maximum atomic E-state index is 12.5. The Bertz CT molecular complexity index is 715. The summed E-state index contributed by atoms with van der Waals surface area (Å²) in [5.41, 5.74) is 2.06. The number of anilines is 2. The highest BCUT2D eigenvalue weighted by Crippen LogP contribution is 2.27. The van der Waals surface area contributed by atoms with Crippen LogP contribution in [0.5, 0.6) is 0 Å². The number of para-hydroxylation sites is 1. The molecule has 0 aliphatic heterocycles. The van der Waals surface area contributed by atoms with Crippen LogP contribution in [0.1, 0.15) is 42.5 Å². The molecule has 1 aliphatic carbocycles. The molecule has 1 atom stereocenters. The number of rotatable bonds is 5. The monoisotopic (exact) mass is 358 g/mol. The molecular formula is C20H23ClN2O2. The lowest BCUT2D eigenvalue weighted by Crippen LogP contribution is -2.41. The van der Waals surface area contributed by atoms with E-state index in [0.717, 1.165) is 37.1 Å². The normalized spacial score (nSPS) is 16.2. The van der Waals surface area contributed by atoms with Crippen molar-refractivity contribution in [3.63, 3.8) is 0 Å². The first-order chi connectivity index (χ1) is 12.1. The van der Waals surface area contributed by atoms with Gasteiger partial charge >= 0.3 is 0 Å². The van der Waals surface area contributed by atoms with Crippen LogP contribution >= 0.6 is 11.6 Å². The first-order valence-corrected chi connectivity index (χ1v) is 9.12. The van der Waals surface area contributed by atoms with Crippen LogP contribution in [-0.4, -0.2) is 17.2 Å². The minimum absolute atomic E-state index is 0.127. The van der Waals surface area contributed by atoms with Crippen LogP contribution in [0.4, 0.5) is 11.4 Å². The van der Waals surface area contributed by atoms with Gasteiger partial charge in [0.05, 0.1) is 10.6 Å². The van der Waals surface area contributed by atoms with E-state index in [2.05, 4.69) is 10.6 Å². The van der Waals surface area contributed by atoms with E-state index in [9.17, 15) is 9.90 Å². The van der Waals surface area contributed by atoms with E-state index in [1.165, 1.54) is 6.42 Å². The predicted molar refractivity (Wildman–Crippen MR) is 101 cm³/mol. The number of carbonyl (C=O) groups excluding carboxylic acids is 1. The van der Waals surface area contributed by atoms with Crippen molar-refractivity contribution >= 4 is 28.9 Å². The smallest absolute Gasteiger partial charge is 0.254 e. The van der Waals surface area contributed by atoms with E-state index in [1.54, 1.807) is 12.1 Å². The molecule has 0 bridgehead atoms. The summed E-state index contributed by atoms with van der Waals surface area (Å²) < 4.78 is 0. The number of hydrogen-bond donors (Lipinski definition) is 3. The highest BCUT2D eigenvalue weighted by atomic mass is 35.5. The Morgan fingerprint density at radius 2 is 1.76 bits per heavy atom. The molecule has 0 saturated heterocycles. The standard InChI is InChI=1S/C20H23ClN2O2/c21-18-12-11-16(22-15-9-5-2-6-10-15)13-17(18)20(25)23-19(24)14-7-3-1-4-8-14/h2,5-6,9-14,19,22,24H,1,3-4,7-8H2,(H,23,25). The molecule has 1 aliphatic rings. The minimum atomic E-state index is -0.824. The van der Waals surface area contributed by atoms with Crippen LogP contribution in [-0.2, 0) is 0 Å². The Kier molecular flexibility index (Phi) is 5.95. The van der Waals surface area contributed by atoms with E-state index in [4.69, 9.17) is 11.6 Å². The van der Waals surface area contributed by atoms with Gasteiger partial charge in [-0.2, -0.15) is 0 Å². The van der Waals surface area contributed by atoms with Gasteiger partial charge in [0.25, 0.3) is 5.91 Å². The molecule has 0 spiro atoms. The molecule has 0 heterocycles. The number of aliphatic hydroxyl groups excluding tert-OH is 1. The van der Waals surface area contributed by atoms with Gasteiger partial charge in [0, 0.05) is 17.3 Å². The molecule has 132 valence electrons. The van der Waals surface area contributed by atoms with Gasteiger partial charge in [-0.25, -0.2) is 0 Å². The largest absolute Gasteiger partial charge is 0.373 e. The van der Waals surface area contributed by atoms with Gasteiger partial charge in [0.15, 0.2) is 0 Å². The van der Waals surface area contributed by atoms with Gasteiger partial charge < -0.3 is 15.7 Å². The van der Waals surface area contributed by atoms with Gasteiger partial charge in [0.1, 0.15) is 6.23 Å². The molecule has 5 heteroatoms. The average Bonchev–Trinajstić information content (AvgIpc) is 2.65. The number of nitrogens with one attached hydrogen (secondary N) is 2. The second kappa shape index (κ2) is 8.37. The van der Waals surface area contributed by atoms with Crippen molar-refractivity contribution in [1.82, 2.24) is 5.32 Å². The van der Waals surface area contributed by atoms with Crippen molar-refractivity contribution in [3.8, 4) is 0 Å². The summed E-state index contributed by atoms with van der Waals surface area (Å²) in [4.78, 5) is 12.5. The highest BCUT2D eigenvalue weighted by Gasteiger charge is 2.24. The van der Waals surface area contributed by atoms with Crippen molar-refractivity contribution < 1.29 is 9.90 Å². The molecule has 2 aromatic carbocycles. The third-order valence-electron chi connectivity index (χ3n) is 4.65. The zero-order valence-corrected chi connectivity index (χ0v) is 14.8. The topological polar surface area (TPSA) is 61.4 Å². The third-order valence-corrected chi connectivity index (χ3v) is 4.98. The molecule has 0 radical (unpaired) electrons. The zero-order valence-electron chi connectivity index (χ0n) is 14.0. The quantitative estimate of drug-likeness (QED) is 0.678. The minimum Gasteiger partial charge on any atom is -0.373 e. The summed E-state index contributed by atoms with van der Waals surface area (Å²) in [5, 5.41) is 16.6. The molecule has 1 amide bonds. The second-order valence-electron chi connectivity index (χ2n) is 6.50. The summed E-state index contributed by atoms with van der Waals surface area (Å²) in [6.45, 7) is 0. The molecule has 3 N–H and O–H groups in total. The van der Waals surface area contributed by atoms with E-state index < -0.39 is 6.23 Å². The number of amides is 1. The lowest BCUT2D eigenvalue weighted by molar-refractivity contribution is 0.0463. The Morgan fingerprint density at radius 1 is 1.04 bits per heavy atom. The first-order valence-electron chi connectivity index (χ1n) is 8.74. The molecule has 1 unspecified atom stereocenters. The van der Waals surface area contributed by atoms with E-state index in [0.29, 0.717) is 10.6 Å². The number of carbonyl (C=O) groups is 1. The molecule has 1 fully saturated rings. The molecule has 1 saturated carbocycles. The van der Waals surface area contributed by atoms with Crippen LogP contribution in [0.3, 0.4) is 0 Å². The maximum Gasteiger partial charge on any atom is 0.254 e. The number of hydrogen-bond acceptors (Lipinski definition) is 3. The lowest BCUT2D eigenvalue weighted by Gasteiger charge is -2.27. The SMILES string of the molecule is O=C(NC(O)C1CCCCC1)c1cc(Nc2ccccc2)ccc1Cl. The van der Waals surface area contributed by atoms with Crippen molar-refractivity contribution in [2.75, 3.05) is 5.32 Å². The fraction of sp³-hybridized carbons (Fsp3) is 0.350. The summed E-state index contributed by atoms with van der Waals surface area (Å²) >= 11 is 6.19. The highest BCUT2D eigenvalue weighted by molar-refractivity contribution is 6.34. The summed E-state index contributed by atoms with van der Waals surface area (Å²) in [5.74, 6) is -0.220. The predicted octanol–water partition coefficient (Wildman–Crippen LogP) is 4.71. The number of aliphatic hydroxyl groups is 1. The van der Waals surface area contributed by atoms with Crippen LogP contribution in [0.2, 0.25) is 5.02 Å². The molecular weight excluding hydrogens is 336 g/mol. The summed E-state index contributed by atoms with van der Waals surface area (Å²) in [6.07, 6.45) is 4.49. The van der Waals surface area contributed by atoms with Crippen LogP contribution < -0.4 is 10.6 Å². The molecule has 4 nitrogen and oxygen atoms in total. The van der Waals surface area contributed by atoms with Gasteiger partial charge in [-0.15, -0.1) is 0 Å². The Hall–Kier alpha value is -2.04. The molecule has 25 heavy (non-hydrogen) atoms. The van der Waals surface area contributed by atoms with Crippen LogP contribution in [0.15, 0.2) is 48.5 Å². The maximum absolute atomic E-state index is 12.5. The summed E-state index contributed by atoms with van der Waals surface area (Å²) in [7, 11) is 0. The fourth-order valence-electron chi connectivity index (χ4n) is 3.25. The van der Waals surface area contributed by atoms with E-state index >= 15 is 0 Å². The number of benzene rings is 2. The van der Waals surface area contributed by atoms with Crippen molar-refractivity contribution in [1.29, 1.82) is 0 Å². The fourth-order valence-corrected chi connectivity index (χ4v) is 3.45. The zero-order chi connectivity index (χ0) is 17.6. The number of halogens is 1. The average molecular weight is 359 g/mol. The second-order valence-corrected chi connectivity index (χ2v) is 6.91. The third kappa shape index (κ3) is 4.74. The summed E-state index contributed by atoms with van der Waals surface area (Å²) in [6, 6.07) is 14.9. The van der Waals surface area contributed by atoms with Crippen LogP contribution in [0.25, 0.3) is 0 Å². The van der Waals surface area contributed by atoms with Crippen molar-refractivity contribution in [2.24, 2.45) is 5.92 Å². The van der Waals surface area contributed by atoms with Gasteiger partial charge in [-0.1, -0.05) is 49.1 Å². The first kappa shape index (κ1) is 17.8. The Morgan fingerprint density at radius 3 is 2.48 bits per heavy atom. The van der Waals surface area contributed by atoms with Crippen LogP contribution in [0, 0.1) is 5.92 Å². The van der Waals surface area contributed by atoms with Crippen molar-refractivity contribution in [2.45, 2.75) is 38.3 Å². The Balaban J connectivity index is 1.69. The molecule has 3 rings (SSSR count). The Labute approximate surface area is 153 Å². The molecule has 0 aromatic heterocycles. The van der Waals surface area contributed by atoms with Gasteiger partial charge in [0.2, 0.25) is 0 Å². The lowest BCUT2D eigenvalue weighted by atomic mass is 9.88. The molecule has 2 aromatic rings. The van der Waals surface area contributed by atoms with Gasteiger partial charge in [-0.05, 0) is 43.2 Å². The van der Waals surface area contributed by atoms with E-state index in [1.807, 2.05) is 36.4 Å². The van der Waals surface area contributed by atoms with E-state index in [-0.39, 0.29) is 11.8 Å². The van der Waals surface area contributed by atoms with Gasteiger partial charge in [-0.3, -0.25) is 4.79 Å².